The zero-order valence-corrected chi connectivity index (χ0v) is 11.7. The Morgan fingerprint density at radius 3 is 2.50 bits per heavy atom. The first kappa shape index (κ1) is 15.9. The van der Waals surface area contributed by atoms with Crippen molar-refractivity contribution in [3.05, 3.63) is 33.9 Å². The lowest BCUT2D eigenvalue weighted by Gasteiger charge is -2.26. The monoisotopic (exact) mass is 280 g/mol. The van der Waals surface area contributed by atoms with Gasteiger partial charge in [-0.05, 0) is 18.9 Å². The summed E-state index contributed by atoms with van der Waals surface area (Å²) in [6.45, 7) is 4.18. The van der Waals surface area contributed by atoms with Gasteiger partial charge in [-0.1, -0.05) is 19.9 Å². The second kappa shape index (κ2) is 6.33. The molecule has 7 nitrogen and oxygen atoms in total. The van der Waals surface area contributed by atoms with Crippen LogP contribution in [0.4, 0.5) is 11.4 Å². The van der Waals surface area contributed by atoms with E-state index in [1.165, 1.54) is 18.2 Å². The lowest BCUT2D eigenvalue weighted by molar-refractivity contribution is -0.383. The highest BCUT2D eigenvalue weighted by Gasteiger charge is 2.23. The van der Waals surface area contributed by atoms with Crippen LogP contribution in [0.25, 0.3) is 0 Å². The Balaban J connectivity index is 2.89. The number of nitrogen functional groups attached to an aromatic ring is 1. The van der Waals surface area contributed by atoms with Crippen LogP contribution in [0.3, 0.4) is 0 Å². The molecule has 110 valence electrons. The summed E-state index contributed by atoms with van der Waals surface area (Å²) in [5.41, 5.74) is 10.9. The van der Waals surface area contributed by atoms with Crippen LogP contribution in [0, 0.1) is 10.1 Å². The maximum Gasteiger partial charge on any atom is 0.292 e. The van der Waals surface area contributed by atoms with Crippen molar-refractivity contribution >= 4 is 17.3 Å². The fourth-order valence-electron chi connectivity index (χ4n) is 1.76. The number of nitrogens with zero attached hydrogens (tertiary/aromatic N) is 1. The van der Waals surface area contributed by atoms with Crippen molar-refractivity contribution in [2.75, 3.05) is 12.3 Å². The number of hydrogen-bond acceptors (Lipinski definition) is 5. The summed E-state index contributed by atoms with van der Waals surface area (Å²) in [4.78, 5) is 22.2. The fraction of sp³-hybridized carbons (Fsp3) is 0.462. The molecule has 0 aromatic heterocycles. The van der Waals surface area contributed by atoms with Gasteiger partial charge in [-0.25, -0.2) is 0 Å². The van der Waals surface area contributed by atoms with Gasteiger partial charge >= 0.3 is 0 Å². The molecule has 0 atom stereocenters. The molecule has 1 aromatic rings. The summed E-state index contributed by atoms with van der Waals surface area (Å²) in [6.07, 6.45) is 1.43. The summed E-state index contributed by atoms with van der Waals surface area (Å²) >= 11 is 0. The van der Waals surface area contributed by atoms with Crippen LogP contribution in [0.1, 0.15) is 37.0 Å². The van der Waals surface area contributed by atoms with Gasteiger partial charge in [0.15, 0.2) is 0 Å². The molecule has 1 rings (SSSR count). The number of nitrogens with two attached hydrogens (primary N) is 2. The number of nitrogens with one attached hydrogen (secondary N) is 1. The standard InChI is InChI=1S/C13H20N4O3/c1-3-13(15,4-2)8-16-12(18)9-6-5-7-10(11(9)14)17(19)20/h5-7H,3-4,8,14-15H2,1-2H3,(H,16,18). The first-order valence-corrected chi connectivity index (χ1v) is 6.44. The molecule has 0 aliphatic heterocycles. The maximum atomic E-state index is 12.0. The third-order valence-corrected chi connectivity index (χ3v) is 3.53. The molecule has 1 amide bonds. The van der Waals surface area contributed by atoms with Crippen molar-refractivity contribution in [3.63, 3.8) is 0 Å². The van der Waals surface area contributed by atoms with E-state index in [0.29, 0.717) is 19.4 Å². The molecule has 0 saturated heterocycles. The number of carbonyl (C=O) groups is 1. The number of anilines is 1. The van der Waals surface area contributed by atoms with Gasteiger partial charge in [-0.2, -0.15) is 0 Å². The summed E-state index contributed by atoms with van der Waals surface area (Å²) < 4.78 is 0. The summed E-state index contributed by atoms with van der Waals surface area (Å²) in [6, 6.07) is 4.14. The van der Waals surface area contributed by atoms with Crippen molar-refractivity contribution in [2.45, 2.75) is 32.2 Å². The fourth-order valence-corrected chi connectivity index (χ4v) is 1.76. The number of carbonyl (C=O) groups excluding carboxylic acids is 1. The Kier molecular flexibility index (Phi) is 5.04. The second-order valence-corrected chi connectivity index (χ2v) is 4.75. The van der Waals surface area contributed by atoms with E-state index in [1.54, 1.807) is 0 Å². The highest BCUT2D eigenvalue weighted by atomic mass is 16.6. The van der Waals surface area contributed by atoms with Gasteiger partial charge in [0.25, 0.3) is 11.6 Å². The van der Waals surface area contributed by atoms with E-state index < -0.39 is 16.4 Å². The first-order valence-electron chi connectivity index (χ1n) is 6.44. The van der Waals surface area contributed by atoms with Crippen molar-refractivity contribution in [1.82, 2.24) is 5.32 Å². The normalized spacial score (nSPS) is 11.2. The second-order valence-electron chi connectivity index (χ2n) is 4.75. The zero-order chi connectivity index (χ0) is 15.3. The average molecular weight is 280 g/mol. The van der Waals surface area contributed by atoms with Crippen molar-refractivity contribution in [2.24, 2.45) is 5.73 Å². The molecule has 5 N–H and O–H groups in total. The van der Waals surface area contributed by atoms with E-state index in [0.717, 1.165) is 0 Å². The molecule has 0 saturated carbocycles. The Bertz CT molecular complexity index is 512. The van der Waals surface area contributed by atoms with Gasteiger partial charge in [0.1, 0.15) is 5.69 Å². The molecule has 20 heavy (non-hydrogen) atoms. The van der Waals surface area contributed by atoms with Crippen molar-refractivity contribution < 1.29 is 9.72 Å². The molecule has 0 aliphatic rings. The largest absolute Gasteiger partial charge is 0.393 e. The van der Waals surface area contributed by atoms with Gasteiger partial charge in [-0.15, -0.1) is 0 Å². The number of nitro groups is 1. The Labute approximate surface area is 117 Å². The van der Waals surface area contributed by atoms with Crippen LogP contribution in [0.2, 0.25) is 0 Å². The Hall–Kier alpha value is -2.15. The zero-order valence-electron chi connectivity index (χ0n) is 11.7. The van der Waals surface area contributed by atoms with E-state index in [-0.39, 0.29) is 16.9 Å². The van der Waals surface area contributed by atoms with Crippen molar-refractivity contribution in [1.29, 1.82) is 0 Å². The number of para-hydroxylation sites is 1. The third kappa shape index (κ3) is 3.45. The molecule has 0 heterocycles. The topological polar surface area (TPSA) is 124 Å². The molecular formula is C13H20N4O3. The third-order valence-electron chi connectivity index (χ3n) is 3.53. The van der Waals surface area contributed by atoms with Crippen LogP contribution in [0.5, 0.6) is 0 Å². The minimum absolute atomic E-state index is 0.0914. The molecular weight excluding hydrogens is 260 g/mol. The Morgan fingerprint density at radius 1 is 1.40 bits per heavy atom. The van der Waals surface area contributed by atoms with Crippen LogP contribution in [-0.4, -0.2) is 22.9 Å². The molecule has 0 radical (unpaired) electrons. The minimum atomic E-state index is -0.614. The van der Waals surface area contributed by atoms with E-state index in [2.05, 4.69) is 5.32 Å². The maximum absolute atomic E-state index is 12.0. The SMILES string of the molecule is CCC(N)(CC)CNC(=O)c1cccc([N+](=O)[O-])c1N. The van der Waals surface area contributed by atoms with E-state index in [9.17, 15) is 14.9 Å². The molecule has 0 fully saturated rings. The molecule has 0 aliphatic carbocycles. The predicted molar refractivity (Wildman–Crippen MR) is 77.3 cm³/mol. The van der Waals surface area contributed by atoms with Gasteiger partial charge in [0.2, 0.25) is 0 Å². The van der Waals surface area contributed by atoms with Crippen LogP contribution in [-0.2, 0) is 0 Å². The minimum Gasteiger partial charge on any atom is -0.393 e. The number of hydrogen-bond donors (Lipinski definition) is 3. The summed E-state index contributed by atoms with van der Waals surface area (Å²) in [5, 5.41) is 13.5. The molecule has 0 spiro atoms. The number of nitro benzene ring substituents is 1. The number of benzene rings is 1. The summed E-state index contributed by atoms with van der Waals surface area (Å²) in [7, 11) is 0. The average Bonchev–Trinajstić information content (AvgIpc) is 2.44. The van der Waals surface area contributed by atoms with E-state index in [4.69, 9.17) is 11.5 Å². The molecule has 0 unspecified atom stereocenters. The van der Waals surface area contributed by atoms with Crippen molar-refractivity contribution in [3.8, 4) is 0 Å². The van der Waals surface area contributed by atoms with Crippen LogP contribution >= 0.6 is 0 Å². The smallest absolute Gasteiger partial charge is 0.292 e. The lowest BCUT2D eigenvalue weighted by Crippen LogP contribution is -2.49. The Morgan fingerprint density at radius 2 is 2.00 bits per heavy atom. The van der Waals surface area contributed by atoms with Gasteiger partial charge in [0, 0.05) is 18.2 Å². The quantitative estimate of drug-likeness (QED) is 0.413. The van der Waals surface area contributed by atoms with Gasteiger partial charge < -0.3 is 16.8 Å². The van der Waals surface area contributed by atoms with Crippen LogP contribution in [0.15, 0.2) is 18.2 Å². The molecule has 7 heteroatoms. The lowest BCUT2D eigenvalue weighted by atomic mass is 9.94. The van der Waals surface area contributed by atoms with E-state index in [1.807, 2.05) is 13.8 Å². The van der Waals surface area contributed by atoms with E-state index >= 15 is 0 Å². The predicted octanol–water partition coefficient (Wildman–Crippen LogP) is 1.42. The van der Waals surface area contributed by atoms with Crippen LogP contribution < -0.4 is 16.8 Å². The first-order chi connectivity index (χ1) is 9.34. The number of rotatable bonds is 6. The van der Waals surface area contributed by atoms with Gasteiger partial charge in [-0.3, -0.25) is 14.9 Å². The molecule has 1 aromatic carbocycles. The molecule has 0 bridgehead atoms. The van der Waals surface area contributed by atoms with Gasteiger partial charge in [0.05, 0.1) is 10.5 Å². The number of amides is 1. The highest BCUT2D eigenvalue weighted by Crippen LogP contribution is 2.24. The summed E-state index contributed by atoms with van der Waals surface area (Å²) in [5.74, 6) is -0.456. The highest BCUT2D eigenvalue weighted by molar-refractivity contribution is 6.01.